The third kappa shape index (κ3) is 1.88. The molecule has 90 valence electrons. The van der Waals surface area contributed by atoms with Crippen molar-refractivity contribution in [1.29, 1.82) is 0 Å². The van der Waals surface area contributed by atoms with Crippen LogP contribution < -0.4 is 4.74 Å². The van der Waals surface area contributed by atoms with Gasteiger partial charge in [0.2, 0.25) is 0 Å². The van der Waals surface area contributed by atoms with Crippen LogP contribution in [0, 0.1) is 5.82 Å². The SMILES string of the molecule is COC(=O)c1cc2c(Br)cc(F)c(OC)c2[nH]1. The van der Waals surface area contributed by atoms with Crippen LogP contribution in [0.4, 0.5) is 4.39 Å². The predicted octanol–water partition coefficient (Wildman–Crippen LogP) is 2.86. The molecule has 6 heteroatoms. The molecule has 0 radical (unpaired) electrons. The average molecular weight is 302 g/mol. The minimum absolute atomic E-state index is 0.0679. The fourth-order valence-corrected chi connectivity index (χ4v) is 2.13. The van der Waals surface area contributed by atoms with Crippen LogP contribution in [0.15, 0.2) is 16.6 Å². The number of aromatic amines is 1. The van der Waals surface area contributed by atoms with E-state index in [0.29, 0.717) is 15.4 Å². The molecular formula is C11H9BrFNO3. The van der Waals surface area contributed by atoms with Gasteiger partial charge in [0.05, 0.1) is 19.7 Å². The lowest BCUT2D eigenvalue weighted by Gasteiger charge is -2.04. The molecule has 0 atom stereocenters. The molecule has 2 aromatic rings. The van der Waals surface area contributed by atoms with E-state index in [1.807, 2.05) is 0 Å². The van der Waals surface area contributed by atoms with Crippen LogP contribution in [-0.4, -0.2) is 25.2 Å². The summed E-state index contributed by atoms with van der Waals surface area (Å²) in [5, 5.41) is 0.656. The lowest BCUT2D eigenvalue weighted by atomic mass is 10.2. The number of hydrogen-bond acceptors (Lipinski definition) is 3. The van der Waals surface area contributed by atoms with Crippen molar-refractivity contribution in [3.05, 3.63) is 28.1 Å². The van der Waals surface area contributed by atoms with Crippen molar-refractivity contribution in [2.45, 2.75) is 0 Å². The minimum atomic E-state index is -0.518. The van der Waals surface area contributed by atoms with Gasteiger partial charge in [-0.05, 0) is 28.1 Å². The fourth-order valence-electron chi connectivity index (χ4n) is 1.62. The summed E-state index contributed by atoms with van der Waals surface area (Å²) in [5.41, 5.74) is 0.659. The molecule has 1 aromatic heterocycles. The molecule has 17 heavy (non-hydrogen) atoms. The number of rotatable bonds is 2. The quantitative estimate of drug-likeness (QED) is 0.868. The van der Waals surface area contributed by atoms with Crippen LogP contribution in [0.3, 0.4) is 0 Å². The number of benzene rings is 1. The molecule has 0 aliphatic heterocycles. The number of fused-ring (bicyclic) bond motifs is 1. The number of esters is 1. The van der Waals surface area contributed by atoms with E-state index in [2.05, 4.69) is 25.7 Å². The fraction of sp³-hybridized carbons (Fsp3) is 0.182. The molecular weight excluding hydrogens is 293 g/mol. The van der Waals surface area contributed by atoms with E-state index >= 15 is 0 Å². The molecule has 1 aromatic carbocycles. The Morgan fingerprint density at radius 3 is 2.71 bits per heavy atom. The zero-order valence-corrected chi connectivity index (χ0v) is 10.7. The van der Waals surface area contributed by atoms with E-state index in [9.17, 15) is 9.18 Å². The summed E-state index contributed by atoms with van der Waals surface area (Å²) in [6.45, 7) is 0. The number of carbonyl (C=O) groups is 1. The lowest BCUT2D eigenvalue weighted by Crippen LogP contribution is -2.00. The van der Waals surface area contributed by atoms with E-state index in [1.165, 1.54) is 20.3 Å². The number of methoxy groups -OCH3 is 2. The van der Waals surface area contributed by atoms with Gasteiger partial charge in [-0.15, -0.1) is 0 Å². The van der Waals surface area contributed by atoms with Crippen LogP contribution in [0.5, 0.6) is 5.75 Å². The molecule has 0 saturated carbocycles. The number of hydrogen-bond donors (Lipinski definition) is 1. The van der Waals surface area contributed by atoms with Gasteiger partial charge in [-0.3, -0.25) is 0 Å². The number of nitrogens with one attached hydrogen (secondary N) is 1. The third-order valence-corrected chi connectivity index (χ3v) is 3.04. The topological polar surface area (TPSA) is 51.3 Å². The summed E-state index contributed by atoms with van der Waals surface area (Å²) in [6, 6.07) is 2.86. The van der Waals surface area contributed by atoms with Crippen molar-refractivity contribution in [2.24, 2.45) is 0 Å². The molecule has 1 heterocycles. The van der Waals surface area contributed by atoms with E-state index in [-0.39, 0.29) is 11.4 Å². The molecule has 0 aliphatic carbocycles. The van der Waals surface area contributed by atoms with Crippen molar-refractivity contribution >= 4 is 32.8 Å². The molecule has 1 N–H and O–H groups in total. The van der Waals surface area contributed by atoms with Crippen molar-refractivity contribution in [3.8, 4) is 5.75 Å². The Labute approximate surface area is 105 Å². The van der Waals surface area contributed by atoms with E-state index < -0.39 is 11.8 Å². The summed E-state index contributed by atoms with van der Waals surface area (Å²) >= 11 is 3.23. The first-order valence-electron chi connectivity index (χ1n) is 4.71. The zero-order valence-electron chi connectivity index (χ0n) is 9.14. The van der Waals surface area contributed by atoms with Gasteiger partial charge in [-0.2, -0.15) is 0 Å². The highest BCUT2D eigenvalue weighted by Gasteiger charge is 2.17. The highest BCUT2D eigenvalue weighted by Crippen LogP contribution is 2.34. The maximum atomic E-state index is 13.6. The van der Waals surface area contributed by atoms with E-state index in [1.54, 1.807) is 6.07 Å². The Bertz CT molecular complexity index is 594. The Hall–Kier alpha value is -1.56. The van der Waals surface area contributed by atoms with Gasteiger partial charge < -0.3 is 14.5 Å². The smallest absolute Gasteiger partial charge is 0.354 e. The molecule has 0 bridgehead atoms. The first-order chi connectivity index (χ1) is 8.08. The summed E-state index contributed by atoms with van der Waals surface area (Å²) in [7, 11) is 2.64. The van der Waals surface area contributed by atoms with Crippen LogP contribution >= 0.6 is 15.9 Å². The normalized spacial score (nSPS) is 10.6. The molecule has 4 nitrogen and oxygen atoms in total. The van der Waals surface area contributed by atoms with Gasteiger partial charge in [0, 0.05) is 9.86 Å². The first kappa shape index (κ1) is 11.9. The molecule has 0 aliphatic rings. The molecule has 0 spiro atoms. The lowest BCUT2D eigenvalue weighted by molar-refractivity contribution is 0.0595. The van der Waals surface area contributed by atoms with Crippen LogP contribution in [0.25, 0.3) is 10.9 Å². The number of H-pyrrole nitrogens is 1. The van der Waals surface area contributed by atoms with E-state index in [4.69, 9.17) is 4.74 Å². The van der Waals surface area contributed by atoms with Gasteiger partial charge in [0.25, 0.3) is 0 Å². The Morgan fingerprint density at radius 2 is 2.12 bits per heavy atom. The third-order valence-electron chi connectivity index (χ3n) is 2.38. The minimum Gasteiger partial charge on any atom is -0.492 e. The van der Waals surface area contributed by atoms with Crippen molar-refractivity contribution in [2.75, 3.05) is 14.2 Å². The van der Waals surface area contributed by atoms with E-state index in [0.717, 1.165) is 0 Å². The summed E-state index contributed by atoms with van der Waals surface area (Å²) in [5.74, 6) is -0.959. The van der Waals surface area contributed by atoms with Gasteiger partial charge in [0.15, 0.2) is 11.6 Å². The number of ether oxygens (including phenoxy) is 2. The van der Waals surface area contributed by atoms with Crippen LogP contribution in [0.2, 0.25) is 0 Å². The second kappa shape index (κ2) is 4.37. The molecule has 2 rings (SSSR count). The van der Waals surface area contributed by atoms with Gasteiger partial charge in [0.1, 0.15) is 5.69 Å². The van der Waals surface area contributed by atoms with Crippen molar-refractivity contribution < 1.29 is 18.7 Å². The largest absolute Gasteiger partial charge is 0.492 e. The van der Waals surface area contributed by atoms with Gasteiger partial charge in [-0.1, -0.05) is 0 Å². The molecule has 0 fully saturated rings. The monoisotopic (exact) mass is 301 g/mol. The number of carbonyl (C=O) groups excluding carboxylic acids is 1. The van der Waals surface area contributed by atoms with Crippen LogP contribution in [-0.2, 0) is 4.74 Å². The van der Waals surface area contributed by atoms with Crippen molar-refractivity contribution in [1.82, 2.24) is 4.98 Å². The summed E-state index contributed by atoms with van der Waals surface area (Å²) in [6.07, 6.45) is 0. The van der Waals surface area contributed by atoms with Gasteiger partial charge in [-0.25, -0.2) is 9.18 Å². The molecule has 0 amide bonds. The highest BCUT2D eigenvalue weighted by atomic mass is 79.9. The Balaban J connectivity index is 2.75. The zero-order chi connectivity index (χ0) is 12.6. The number of aromatic nitrogens is 1. The maximum Gasteiger partial charge on any atom is 0.354 e. The van der Waals surface area contributed by atoms with Crippen molar-refractivity contribution in [3.63, 3.8) is 0 Å². The predicted molar refractivity (Wildman–Crippen MR) is 63.8 cm³/mol. The van der Waals surface area contributed by atoms with Gasteiger partial charge >= 0.3 is 5.97 Å². The summed E-state index contributed by atoms with van der Waals surface area (Å²) < 4.78 is 23.7. The maximum absolute atomic E-state index is 13.6. The Morgan fingerprint density at radius 1 is 1.41 bits per heavy atom. The molecule has 0 saturated heterocycles. The standard InChI is InChI=1S/C11H9BrFNO3/c1-16-10-7(13)4-6(12)5-3-8(11(15)17-2)14-9(5)10/h3-4,14H,1-2H3. The van der Waals surface area contributed by atoms with Crippen LogP contribution in [0.1, 0.15) is 10.5 Å². The highest BCUT2D eigenvalue weighted by molar-refractivity contribution is 9.10. The second-order valence-corrected chi connectivity index (χ2v) is 4.19. The average Bonchev–Trinajstić information content (AvgIpc) is 2.73. The Kier molecular flexibility index (Phi) is 3.06. The molecule has 0 unspecified atom stereocenters. The number of halogens is 2. The first-order valence-corrected chi connectivity index (χ1v) is 5.50. The summed E-state index contributed by atoms with van der Waals surface area (Å²) in [4.78, 5) is 14.2. The second-order valence-electron chi connectivity index (χ2n) is 3.34.